The maximum Gasteiger partial charge on any atom is 0.230 e. The van der Waals surface area contributed by atoms with Crippen molar-refractivity contribution in [3.8, 4) is 5.75 Å². The summed E-state index contributed by atoms with van der Waals surface area (Å²) in [5.41, 5.74) is 2.66. The Morgan fingerprint density at radius 1 is 1.07 bits per heavy atom. The number of hydrogen-bond donors (Lipinski definition) is 0. The summed E-state index contributed by atoms with van der Waals surface area (Å²) in [6.45, 7) is 0.555. The van der Waals surface area contributed by atoms with E-state index in [-0.39, 0.29) is 11.7 Å². The number of hydrogen-bond acceptors (Lipinski definition) is 3. The number of rotatable bonds is 8. The van der Waals surface area contributed by atoms with Crippen molar-refractivity contribution in [2.24, 2.45) is 0 Å². The lowest BCUT2D eigenvalue weighted by molar-refractivity contribution is -0.131. The van der Waals surface area contributed by atoms with Gasteiger partial charge in [0.1, 0.15) is 11.6 Å². The fraction of sp³-hybridized carbons (Fsp3) is 0.250. The third kappa shape index (κ3) is 5.41. The molecule has 0 aliphatic carbocycles. The van der Waals surface area contributed by atoms with Crippen LogP contribution in [0.15, 0.2) is 72.9 Å². The summed E-state index contributed by atoms with van der Waals surface area (Å²) in [5.74, 6) is 0.0598. The largest absolute Gasteiger partial charge is 0.496 e. The Hall–Kier alpha value is -3.21. The molecule has 0 saturated heterocycles. The second kappa shape index (κ2) is 9.82. The van der Waals surface area contributed by atoms with Crippen molar-refractivity contribution in [1.82, 2.24) is 9.88 Å². The van der Waals surface area contributed by atoms with E-state index in [0.29, 0.717) is 19.4 Å². The topological polar surface area (TPSA) is 42.4 Å². The highest BCUT2D eigenvalue weighted by molar-refractivity contribution is 5.83. The van der Waals surface area contributed by atoms with Gasteiger partial charge in [-0.25, -0.2) is 4.39 Å². The van der Waals surface area contributed by atoms with Gasteiger partial charge < -0.3 is 9.64 Å². The van der Waals surface area contributed by atoms with Gasteiger partial charge in [0.05, 0.1) is 13.0 Å². The highest BCUT2D eigenvalue weighted by Crippen LogP contribution is 2.24. The first-order valence-electron chi connectivity index (χ1n) is 9.60. The van der Waals surface area contributed by atoms with E-state index in [4.69, 9.17) is 4.74 Å². The monoisotopic (exact) mass is 392 g/mol. The number of benzene rings is 2. The molecular weight excluding hydrogens is 367 g/mol. The minimum absolute atomic E-state index is 0.0165. The molecule has 5 heteroatoms. The molecule has 29 heavy (non-hydrogen) atoms. The Labute approximate surface area is 171 Å². The maximum atomic E-state index is 13.4. The molecule has 0 N–H and O–H groups in total. The number of para-hydroxylation sites is 1. The van der Waals surface area contributed by atoms with E-state index in [2.05, 4.69) is 4.98 Å². The van der Waals surface area contributed by atoms with Crippen LogP contribution in [0, 0.1) is 5.82 Å². The fourth-order valence-electron chi connectivity index (χ4n) is 3.34. The number of pyridine rings is 1. The molecule has 150 valence electrons. The minimum atomic E-state index is -0.423. The molecule has 3 aromatic rings. The van der Waals surface area contributed by atoms with E-state index >= 15 is 0 Å². The third-order valence-electron chi connectivity index (χ3n) is 5.00. The van der Waals surface area contributed by atoms with Crippen molar-refractivity contribution in [3.05, 3.63) is 95.6 Å². The molecule has 0 bridgehead atoms. The molecule has 1 amide bonds. The number of carbonyl (C=O) groups excluding carboxylic acids is 1. The van der Waals surface area contributed by atoms with Crippen molar-refractivity contribution >= 4 is 5.91 Å². The lowest BCUT2D eigenvalue weighted by Crippen LogP contribution is -2.34. The van der Waals surface area contributed by atoms with E-state index in [1.807, 2.05) is 42.5 Å². The van der Waals surface area contributed by atoms with Crippen molar-refractivity contribution in [1.29, 1.82) is 0 Å². The van der Waals surface area contributed by atoms with Gasteiger partial charge in [-0.3, -0.25) is 9.78 Å². The van der Waals surface area contributed by atoms with Crippen LogP contribution in [0.2, 0.25) is 0 Å². The summed E-state index contributed by atoms with van der Waals surface area (Å²) in [5, 5.41) is 0. The summed E-state index contributed by atoms with van der Waals surface area (Å²) < 4.78 is 18.8. The molecule has 4 nitrogen and oxygen atoms in total. The van der Waals surface area contributed by atoms with Gasteiger partial charge in [-0.2, -0.15) is 0 Å². The van der Waals surface area contributed by atoms with Gasteiger partial charge in [-0.15, -0.1) is 0 Å². The molecule has 0 radical (unpaired) electrons. The summed E-state index contributed by atoms with van der Waals surface area (Å²) in [6, 6.07) is 19.6. The van der Waals surface area contributed by atoms with Crippen LogP contribution in [0.5, 0.6) is 5.75 Å². The molecule has 1 atom stereocenters. The molecule has 1 heterocycles. The number of halogens is 1. The maximum absolute atomic E-state index is 13.4. The molecule has 1 aromatic heterocycles. The number of ether oxygens (including phenoxy) is 1. The first kappa shape index (κ1) is 20.5. The van der Waals surface area contributed by atoms with E-state index in [1.165, 1.54) is 12.1 Å². The van der Waals surface area contributed by atoms with E-state index < -0.39 is 5.92 Å². The van der Waals surface area contributed by atoms with E-state index in [1.54, 1.807) is 37.4 Å². The molecule has 0 saturated carbocycles. The third-order valence-corrected chi connectivity index (χ3v) is 5.00. The van der Waals surface area contributed by atoms with Crippen molar-refractivity contribution in [2.45, 2.75) is 18.8 Å². The normalized spacial score (nSPS) is 11.7. The molecule has 1 unspecified atom stereocenters. The number of methoxy groups -OCH3 is 1. The second-order valence-electron chi connectivity index (χ2n) is 6.95. The minimum Gasteiger partial charge on any atom is -0.496 e. The van der Waals surface area contributed by atoms with E-state index in [0.717, 1.165) is 22.6 Å². The lowest BCUT2D eigenvalue weighted by atomic mass is 9.92. The standard InChI is InChI=1S/C24H25FN2O2/c1-27(16-14-19-7-3-4-9-23(19)29-2)24(28)22(17-21-8-5-6-15-26-21)18-10-12-20(25)13-11-18/h3-13,15,22H,14,16-17H2,1-2H3. The van der Waals surface area contributed by atoms with Crippen LogP contribution >= 0.6 is 0 Å². The smallest absolute Gasteiger partial charge is 0.230 e. The van der Waals surface area contributed by atoms with Crippen LogP contribution in [-0.4, -0.2) is 36.5 Å². The molecule has 2 aromatic carbocycles. The lowest BCUT2D eigenvalue weighted by Gasteiger charge is -2.24. The van der Waals surface area contributed by atoms with Gasteiger partial charge in [-0.1, -0.05) is 36.4 Å². The average molecular weight is 392 g/mol. The molecular formula is C24H25FN2O2. The quantitative estimate of drug-likeness (QED) is 0.575. The molecule has 3 rings (SSSR count). The van der Waals surface area contributed by atoms with Crippen molar-refractivity contribution in [2.75, 3.05) is 20.7 Å². The Morgan fingerprint density at radius 3 is 2.48 bits per heavy atom. The molecule has 0 aliphatic rings. The first-order valence-corrected chi connectivity index (χ1v) is 9.60. The predicted molar refractivity (Wildman–Crippen MR) is 111 cm³/mol. The van der Waals surface area contributed by atoms with Crippen molar-refractivity contribution < 1.29 is 13.9 Å². The van der Waals surface area contributed by atoms with Crippen LogP contribution in [0.3, 0.4) is 0 Å². The van der Waals surface area contributed by atoms with Crippen molar-refractivity contribution in [3.63, 3.8) is 0 Å². The highest BCUT2D eigenvalue weighted by Gasteiger charge is 2.25. The molecule has 0 fully saturated rings. The number of nitrogens with zero attached hydrogens (tertiary/aromatic N) is 2. The van der Waals surface area contributed by atoms with Crippen LogP contribution in [0.1, 0.15) is 22.7 Å². The molecule has 0 aliphatic heterocycles. The first-order chi connectivity index (χ1) is 14.1. The van der Waals surface area contributed by atoms with Gasteiger partial charge in [0, 0.05) is 31.9 Å². The Bertz CT molecular complexity index is 929. The zero-order valence-electron chi connectivity index (χ0n) is 16.7. The summed E-state index contributed by atoms with van der Waals surface area (Å²) >= 11 is 0. The van der Waals surface area contributed by atoms with Crippen LogP contribution in [0.25, 0.3) is 0 Å². The average Bonchev–Trinajstić information content (AvgIpc) is 2.77. The number of amides is 1. The summed E-state index contributed by atoms with van der Waals surface area (Å²) in [6.07, 6.45) is 2.86. The van der Waals surface area contributed by atoms with Gasteiger partial charge in [0.25, 0.3) is 0 Å². The number of carbonyl (C=O) groups is 1. The predicted octanol–water partition coefficient (Wildman–Crippen LogP) is 4.26. The Kier molecular flexibility index (Phi) is 6.95. The summed E-state index contributed by atoms with van der Waals surface area (Å²) in [7, 11) is 3.44. The van der Waals surface area contributed by atoms with Crippen LogP contribution in [0.4, 0.5) is 4.39 Å². The fourth-order valence-corrected chi connectivity index (χ4v) is 3.34. The van der Waals surface area contributed by atoms with Gasteiger partial charge in [0.15, 0.2) is 0 Å². The highest BCUT2D eigenvalue weighted by atomic mass is 19.1. The second-order valence-corrected chi connectivity index (χ2v) is 6.95. The SMILES string of the molecule is COc1ccccc1CCN(C)C(=O)C(Cc1ccccn1)c1ccc(F)cc1. The Morgan fingerprint density at radius 2 is 1.79 bits per heavy atom. The summed E-state index contributed by atoms with van der Waals surface area (Å²) in [4.78, 5) is 19.4. The van der Waals surface area contributed by atoms with Gasteiger partial charge in [-0.05, 0) is 47.9 Å². The van der Waals surface area contributed by atoms with Crippen LogP contribution < -0.4 is 4.74 Å². The Balaban J connectivity index is 1.76. The number of aromatic nitrogens is 1. The molecule has 0 spiro atoms. The van der Waals surface area contributed by atoms with E-state index in [9.17, 15) is 9.18 Å². The number of likely N-dealkylation sites (N-methyl/N-ethyl adjacent to an activating group) is 1. The zero-order chi connectivity index (χ0) is 20.6. The van der Waals surface area contributed by atoms with Crippen LogP contribution in [-0.2, 0) is 17.6 Å². The van der Waals surface area contributed by atoms with Gasteiger partial charge in [0.2, 0.25) is 5.91 Å². The van der Waals surface area contributed by atoms with Gasteiger partial charge >= 0.3 is 0 Å². The zero-order valence-corrected chi connectivity index (χ0v) is 16.7.